The van der Waals surface area contributed by atoms with E-state index in [9.17, 15) is 0 Å². The average molecular weight is 112 g/mol. The van der Waals surface area contributed by atoms with Gasteiger partial charge in [-0.25, -0.2) is 0 Å². The zero-order valence-corrected chi connectivity index (χ0v) is 4.80. The van der Waals surface area contributed by atoms with E-state index in [2.05, 4.69) is 0 Å². The zero-order chi connectivity index (χ0) is 5.40. The summed E-state index contributed by atoms with van der Waals surface area (Å²) < 4.78 is 10.5. The van der Waals surface area contributed by atoms with Crippen molar-refractivity contribution in [3.63, 3.8) is 0 Å². The molecule has 0 spiro atoms. The minimum absolute atomic E-state index is 0.176. The van der Waals surface area contributed by atoms with Crippen LogP contribution in [-0.4, -0.2) is 20.3 Å². The average Bonchev–Trinajstić information content (AvgIpc) is 2.49. The quantitative estimate of drug-likeness (QED) is 0.464. The highest BCUT2D eigenvalue weighted by molar-refractivity contribution is 6.48. The molecule has 0 aromatic rings. The van der Waals surface area contributed by atoms with E-state index in [-0.39, 0.29) is 7.12 Å². The maximum Gasteiger partial charge on any atom is 0.460 e. The highest BCUT2D eigenvalue weighted by Crippen LogP contribution is 2.40. The van der Waals surface area contributed by atoms with Gasteiger partial charge < -0.3 is 9.31 Å². The van der Waals surface area contributed by atoms with Crippen molar-refractivity contribution in [2.24, 2.45) is 0 Å². The third-order valence-electron chi connectivity index (χ3n) is 1.65. The van der Waals surface area contributed by atoms with Gasteiger partial charge in [0.05, 0.1) is 13.2 Å². The van der Waals surface area contributed by atoms with Gasteiger partial charge in [-0.05, 0) is 5.82 Å². The van der Waals surface area contributed by atoms with Gasteiger partial charge in [-0.1, -0.05) is 12.8 Å². The van der Waals surface area contributed by atoms with Crippen LogP contribution in [0.3, 0.4) is 0 Å². The Balaban J connectivity index is 1.86. The third-order valence-corrected chi connectivity index (χ3v) is 1.65. The lowest BCUT2D eigenvalue weighted by Crippen LogP contribution is -2.12. The maximum atomic E-state index is 5.25. The normalized spacial score (nSPS) is 29.2. The highest BCUT2D eigenvalue weighted by Gasteiger charge is 2.40. The second-order valence-electron chi connectivity index (χ2n) is 2.45. The highest BCUT2D eigenvalue weighted by atomic mass is 16.6. The molecule has 0 atom stereocenters. The van der Waals surface area contributed by atoms with Crippen LogP contribution in [0.5, 0.6) is 0 Å². The van der Waals surface area contributed by atoms with Crippen molar-refractivity contribution < 1.29 is 9.31 Å². The van der Waals surface area contributed by atoms with Crippen LogP contribution >= 0.6 is 0 Å². The molecule has 0 unspecified atom stereocenters. The first-order valence-electron chi connectivity index (χ1n) is 3.20. The Morgan fingerprint density at radius 3 is 2.25 bits per heavy atom. The molecule has 1 aliphatic heterocycles. The van der Waals surface area contributed by atoms with Crippen LogP contribution in [0.2, 0.25) is 5.82 Å². The SMILES string of the molecule is C1COB(C2CC2)O1. The van der Waals surface area contributed by atoms with E-state index in [1.54, 1.807) is 0 Å². The summed E-state index contributed by atoms with van der Waals surface area (Å²) in [6, 6.07) is 0. The Hall–Kier alpha value is -0.0151. The minimum Gasteiger partial charge on any atom is -0.409 e. The van der Waals surface area contributed by atoms with E-state index in [1.165, 1.54) is 12.8 Å². The van der Waals surface area contributed by atoms with E-state index in [0.717, 1.165) is 19.0 Å². The molecule has 1 saturated heterocycles. The minimum atomic E-state index is 0.176. The standard InChI is InChI=1S/C5H9BO2/c1-2-5(1)6-7-3-4-8-6/h5H,1-4H2. The van der Waals surface area contributed by atoms with E-state index >= 15 is 0 Å². The molecular formula is C5H9BO2. The molecule has 1 heterocycles. The molecule has 3 heteroatoms. The van der Waals surface area contributed by atoms with E-state index in [1.807, 2.05) is 0 Å². The van der Waals surface area contributed by atoms with Crippen molar-refractivity contribution in [3.8, 4) is 0 Å². The molecular weight excluding hydrogens is 103 g/mol. The lowest BCUT2D eigenvalue weighted by Gasteiger charge is -1.96. The fourth-order valence-corrected chi connectivity index (χ4v) is 1.02. The summed E-state index contributed by atoms with van der Waals surface area (Å²) in [4.78, 5) is 0. The van der Waals surface area contributed by atoms with Gasteiger partial charge in [-0.15, -0.1) is 0 Å². The smallest absolute Gasteiger partial charge is 0.409 e. The van der Waals surface area contributed by atoms with Crippen molar-refractivity contribution in [2.45, 2.75) is 18.7 Å². The molecule has 0 N–H and O–H groups in total. The lowest BCUT2D eigenvalue weighted by molar-refractivity contribution is 0.365. The fraction of sp³-hybridized carbons (Fsp3) is 1.00. The van der Waals surface area contributed by atoms with Gasteiger partial charge in [0.25, 0.3) is 0 Å². The van der Waals surface area contributed by atoms with Crippen LogP contribution in [0, 0.1) is 0 Å². The van der Waals surface area contributed by atoms with Crippen LogP contribution < -0.4 is 0 Å². The Kier molecular flexibility index (Phi) is 1.05. The molecule has 2 aliphatic rings. The summed E-state index contributed by atoms with van der Waals surface area (Å²) in [6.45, 7) is 1.61. The monoisotopic (exact) mass is 112 g/mol. The third kappa shape index (κ3) is 0.760. The maximum absolute atomic E-state index is 5.25. The van der Waals surface area contributed by atoms with Crippen molar-refractivity contribution >= 4 is 7.12 Å². The molecule has 1 aliphatic carbocycles. The van der Waals surface area contributed by atoms with E-state index < -0.39 is 0 Å². The van der Waals surface area contributed by atoms with Gasteiger partial charge in [0.1, 0.15) is 0 Å². The molecule has 0 radical (unpaired) electrons. The van der Waals surface area contributed by atoms with Crippen LogP contribution in [0.1, 0.15) is 12.8 Å². The Labute approximate surface area is 49.3 Å². The second-order valence-corrected chi connectivity index (χ2v) is 2.45. The molecule has 1 saturated carbocycles. The van der Waals surface area contributed by atoms with Crippen LogP contribution in [0.15, 0.2) is 0 Å². The van der Waals surface area contributed by atoms with Gasteiger partial charge in [0.2, 0.25) is 0 Å². The van der Waals surface area contributed by atoms with Crippen molar-refractivity contribution in [3.05, 3.63) is 0 Å². The number of rotatable bonds is 1. The lowest BCUT2D eigenvalue weighted by atomic mass is 9.83. The molecule has 44 valence electrons. The van der Waals surface area contributed by atoms with Gasteiger partial charge in [0.15, 0.2) is 0 Å². The second kappa shape index (κ2) is 1.74. The first-order valence-corrected chi connectivity index (χ1v) is 3.20. The van der Waals surface area contributed by atoms with E-state index in [0.29, 0.717) is 0 Å². The van der Waals surface area contributed by atoms with E-state index in [4.69, 9.17) is 9.31 Å². The van der Waals surface area contributed by atoms with Crippen LogP contribution in [0.25, 0.3) is 0 Å². The van der Waals surface area contributed by atoms with Gasteiger partial charge in [-0.3, -0.25) is 0 Å². The fourth-order valence-electron chi connectivity index (χ4n) is 1.02. The van der Waals surface area contributed by atoms with Gasteiger partial charge >= 0.3 is 7.12 Å². The van der Waals surface area contributed by atoms with Crippen molar-refractivity contribution in [1.82, 2.24) is 0 Å². The number of hydrogen-bond donors (Lipinski definition) is 0. The predicted octanol–water partition coefficient (Wildman–Crippen LogP) is 0.685. The zero-order valence-electron chi connectivity index (χ0n) is 4.80. The Morgan fingerprint density at radius 1 is 1.12 bits per heavy atom. The Morgan fingerprint density at radius 2 is 1.75 bits per heavy atom. The van der Waals surface area contributed by atoms with Crippen molar-refractivity contribution in [1.29, 1.82) is 0 Å². The van der Waals surface area contributed by atoms with Crippen LogP contribution in [0.4, 0.5) is 0 Å². The summed E-state index contributed by atoms with van der Waals surface area (Å²) in [7, 11) is 0.176. The summed E-state index contributed by atoms with van der Waals surface area (Å²) in [5, 5.41) is 0. The molecule has 0 aromatic heterocycles. The largest absolute Gasteiger partial charge is 0.460 e. The first-order chi connectivity index (χ1) is 3.97. The Bertz CT molecular complexity index is 86.4. The topological polar surface area (TPSA) is 18.5 Å². The summed E-state index contributed by atoms with van der Waals surface area (Å²) in [5.74, 6) is 0.748. The molecule has 2 fully saturated rings. The summed E-state index contributed by atoms with van der Waals surface area (Å²) in [5.41, 5.74) is 0. The molecule has 8 heavy (non-hydrogen) atoms. The summed E-state index contributed by atoms with van der Waals surface area (Å²) >= 11 is 0. The summed E-state index contributed by atoms with van der Waals surface area (Å²) in [6.07, 6.45) is 2.62. The molecule has 2 nitrogen and oxygen atoms in total. The van der Waals surface area contributed by atoms with Gasteiger partial charge in [0, 0.05) is 0 Å². The molecule has 2 rings (SSSR count). The predicted molar refractivity (Wildman–Crippen MR) is 30.6 cm³/mol. The molecule has 0 aromatic carbocycles. The van der Waals surface area contributed by atoms with Crippen molar-refractivity contribution in [2.75, 3.05) is 13.2 Å². The first kappa shape index (κ1) is 4.83. The molecule has 0 bridgehead atoms. The van der Waals surface area contributed by atoms with Gasteiger partial charge in [-0.2, -0.15) is 0 Å². The van der Waals surface area contributed by atoms with Crippen LogP contribution in [-0.2, 0) is 9.31 Å². The number of hydrogen-bond acceptors (Lipinski definition) is 2. The molecule has 0 amide bonds.